The van der Waals surface area contributed by atoms with Crippen LogP contribution in [0.15, 0.2) is 36.4 Å². The monoisotopic (exact) mass is 517 g/mol. The number of fused-ring (bicyclic) bond motifs is 2. The molecule has 3 aliphatic heterocycles. The van der Waals surface area contributed by atoms with E-state index in [-0.39, 0.29) is 29.5 Å². The van der Waals surface area contributed by atoms with Crippen molar-refractivity contribution in [3.05, 3.63) is 42.0 Å². The largest absolute Gasteiger partial charge is 0.497 e. The summed E-state index contributed by atoms with van der Waals surface area (Å²) in [5.41, 5.74) is 1.01. The molecule has 1 aromatic carbocycles. The molecule has 3 heterocycles. The van der Waals surface area contributed by atoms with Crippen molar-refractivity contribution in [1.29, 1.82) is 0 Å². The molecule has 0 radical (unpaired) electrons. The van der Waals surface area contributed by atoms with Crippen LogP contribution in [-0.2, 0) is 25.5 Å². The molecule has 1 unspecified atom stereocenters. The second-order valence-corrected chi connectivity index (χ2v) is 10.8. The first kappa shape index (κ1) is 27.0. The highest BCUT2D eigenvalue weighted by Crippen LogP contribution is 2.43. The summed E-state index contributed by atoms with van der Waals surface area (Å²) in [6, 6.07) is 7.46. The number of ether oxygens (including phenoxy) is 4. The van der Waals surface area contributed by atoms with E-state index in [2.05, 4.69) is 12.2 Å². The third kappa shape index (κ3) is 6.84. The Kier molecular flexibility index (Phi) is 9.73. The van der Waals surface area contributed by atoms with Gasteiger partial charge in [-0.15, -0.1) is 0 Å². The maximum atomic E-state index is 13.0. The van der Waals surface area contributed by atoms with Gasteiger partial charge in [-0.3, -0.25) is 9.59 Å². The van der Waals surface area contributed by atoms with Gasteiger partial charge < -0.3 is 23.8 Å². The highest BCUT2D eigenvalue weighted by molar-refractivity contribution is 8.13. The summed E-state index contributed by atoms with van der Waals surface area (Å²) >= 11 is 1.29. The molecule has 1 aromatic rings. The van der Waals surface area contributed by atoms with Gasteiger partial charge in [-0.05, 0) is 56.2 Å². The second kappa shape index (κ2) is 13.0. The topological polar surface area (TPSA) is 74.3 Å². The maximum absolute atomic E-state index is 13.0. The number of carbonyl (C=O) groups excluding carboxylic acids is 2. The summed E-state index contributed by atoms with van der Waals surface area (Å²) in [6.07, 6.45) is 12.5. The summed E-state index contributed by atoms with van der Waals surface area (Å²) in [6.45, 7) is 0.453. The Morgan fingerprint density at radius 3 is 2.56 bits per heavy atom. The Morgan fingerprint density at radius 1 is 1.03 bits per heavy atom. The van der Waals surface area contributed by atoms with Crippen molar-refractivity contribution < 1.29 is 28.5 Å². The van der Waals surface area contributed by atoms with Crippen LogP contribution < -0.4 is 4.74 Å². The van der Waals surface area contributed by atoms with E-state index in [4.69, 9.17) is 18.9 Å². The number of amides is 1. The van der Waals surface area contributed by atoms with Crippen LogP contribution in [0.3, 0.4) is 0 Å². The van der Waals surface area contributed by atoms with Gasteiger partial charge in [-0.2, -0.15) is 0 Å². The molecule has 0 aliphatic carbocycles. The van der Waals surface area contributed by atoms with Crippen molar-refractivity contribution in [3.8, 4) is 5.75 Å². The summed E-state index contributed by atoms with van der Waals surface area (Å²) in [7, 11) is 3.28. The van der Waals surface area contributed by atoms with E-state index >= 15 is 0 Å². The van der Waals surface area contributed by atoms with Gasteiger partial charge >= 0.3 is 5.97 Å². The molecule has 2 fully saturated rings. The van der Waals surface area contributed by atoms with E-state index in [1.54, 1.807) is 14.2 Å². The van der Waals surface area contributed by atoms with Crippen LogP contribution in [0, 0.1) is 0 Å². The number of esters is 1. The van der Waals surface area contributed by atoms with Gasteiger partial charge in [0, 0.05) is 38.7 Å². The van der Waals surface area contributed by atoms with E-state index in [1.165, 1.54) is 11.8 Å². The molecule has 8 heteroatoms. The third-order valence-electron chi connectivity index (χ3n) is 7.36. The zero-order valence-corrected chi connectivity index (χ0v) is 22.3. The van der Waals surface area contributed by atoms with E-state index < -0.39 is 5.79 Å². The van der Waals surface area contributed by atoms with Crippen LogP contribution in [0.4, 0.5) is 4.79 Å². The molecule has 2 saturated heterocycles. The molecule has 3 aliphatic rings. The van der Waals surface area contributed by atoms with Gasteiger partial charge in [-0.1, -0.05) is 42.5 Å². The first-order valence-corrected chi connectivity index (χ1v) is 14.2. The van der Waals surface area contributed by atoms with Gasteiger partial charge in [0.1, 0.15) is 11.9 Å². The predicted octanol–water partition coefficient (Wildman–Crippen LogP) is 5.86. The Labute approximate surface area is 218 Å². The van der Waals surface area contributed by atoms with Crippen LogP contribution >= 0.6 is 11.8 Å². The van der Waals surface area contributed by atoms with E-state index in [1.807, 2.05) is 29.2 Å². The molecule has 36 heavy (non-hydrogen) atoms. The fourth-order valence-corrected chi connectivity index (χ4v) is 6.48. The Hall–Kier alpha value is -2.03. The van der Waals surface area contributed by atoms with E-state index in [0.717, 1.165) is 56.3 Å². The summed E-state index contributed by atoms with van der Waals surface area (Å²) in [4.78, 5) is 27.5. The zero-order chi connectivity index (χ0) is 25.4. The SMILES string of the molecule is COc1ccc(CN2C(=O)SC[C@@H]2[C@@]2(OC)CC3C[C@@H](CCC/C=C\CCCCCC(=O)O3)O2)cc1. The molecule has 7 nitrogen and oxygen atoms in total. The van der Waals surface area contributed by atoms with Crippen molar-refractivity contribution >= 4 is 23.0 Å². The Bertz CT molecular complexity index is 906. The number of hydrogen-bond acceptors (Lipinski definition) is 7. The number of benzene rings is 1. The number of carbonyl (C=O) groups is 2. The Morgan fingerprint density at radius 2 is 1.81 bits per heavy atom. The lowest BCUT2D eigenvalue weighted by Gasteiger charge is -2.48. The van der Waals surface area contributed by atoms with Crippen molar-refractivity contribution in [2.75, 3.05) is 20.0 Å². The van der Waals surface area contributed by atoms with Crippen molar-refractivity contribution in [1.82, 2.24) is 4.90 Å². The average molecular weight is 518 g/mol. The average Bonchev–Trinajstić information content (AvgIpc) is 3.25. The zero-order valence-electron chi connectivity index (χ0n) is 21.5. The first-order chi connectivity index (χ1) is 17.5. The fraction of sp³-hybridized carbons (Fsp3) is 0.643. The molecule has 0 spiro atoms. The van der Waals surface area contributed by atoms with Crippen LogP contribution in [0.25, 0.3) is 0 Å². The van der Waals surface area contributed by atoms with Gasteiger partial charge in [0.25, 0.3) is 5.24 Å². The molecule has 198 valence electrons. The molecule has 4 atom stereocenters. The minimum atomic E-state index is -1.02. The van der Waals surface area contributed by atoms with Gasteiger partial charge in [0.05, 0.1) is 19.3 Å². The van der Waals surface area contributed by atoms with Gasteiger partial charge in [0.15, 0.2) is 5.79 Å². The lowest BCUT2D eigenvalue weighted by Crippen LogP contribution is -2.60. The second-order valence-electron chi connectivity index (χ2n) is 9.88. The minimum Gasteiger partial charge on any atom is -0.497 e. The summed E-state index contributed by atoms with van der Waals surface area (Å²) in [5, 5.41) is 0.00930. The quantitative estimate of drug-likeness (QED) is 0.358. The van der Waals surface area contributed by atoms with E-state index in [9.17, 15) is 9.59 Å². The molecule has 0 N–H and O–H groups in total. The number of methoxy groups -OCH3 is 2. The molecular formula is C28H39NO6S. The maximum Gasteiger partial charge on any atom is 0.306 e. The van der Waals surface area contributed by atoms with Crippen molar-refractivity contribution in [2.45, 2.75) is 94.8 Å². The molecule has 2 bridgehead atoms. The summed E-state index contributed by atoms with van der Waals surface area (Å²) < 4.78 is 24.1. The molecule has 0 saturated carbocycles. The van der Waals surface area contributed by atoms with Crippen molar-refractivity contribution in [2.24, 2.45) is 0 Å². The number of hydrogen-bond donors (Lipinski definition) is 0. The van der Waals surface area contributed by atoms with Gasteiger partial charge in [0.2, 0.25) is 0 Å². The first-order valence-electron chi connectivity index (χ1n) is 13.2. The van der Waals surface area contributed by atoms with Crippen LogP contribution in [0.2, 0.25) is 0 Å². The minimum absolute atomic E-state index is 0.00930. The number of thioether (sulfide) groups is 1. The third-order valence-corrected chi connectivity index (χ3v) is 8.32. The standard InChI is InChI=1S/C28H39NO6S/c1-32-22-15-13-21(14-16-22)19-29-25(20-36-27(29)31)28(33-2)18-24-17-23(35-28)11-9-7-5-3-4-6-8-10-12-26(30)34-24/h3,5,13-16,23-25H,4,6-12,17-20H2,1-2H3/b5-3-/t23-,24?,25-,28-/m1/s1. The van der Waals surface area contributed by atoms with Gasteiger partial charge in [-0.25, -0.2) is 0 Å². The smallest absolute Gasteiger partial charge is 0.306 e. The lowest BCUT2D eigenvalue weighted by molar-refractivity contribution is -0.306. The molecule has 4 rings (SSSR count). The highest BCUT2D eigenvalue weighted by atomic mass is 32.2. The number of allylic oxidation sites excluding steroid dienone is 2. The van der Waals surface area contributed by atoms with Crippen molar-refractivity contribution in [3.63, 3.8) is 0 Å². The number of rotatable bonds is 5. The fourth-order valence-electron chi connectivity index (χ4n) is 5.39. The molecule has 1 amide bonds. The van der Waals surface area contributed by atoms with Crippen LogP contribution in [-0.4, -0.2) is 60.1 Å². The van der Waals surface area contributed by atoms with Crippen LogP contribution in [0.1, 0.15) is 69.8 Å². The Balaban J connectivity index is 1.54. The normalized spacial score (nSPS) is 31.3. The summed E-state index contributed by atoms with van der Waals surface area (Å²) in [5.74, 6) is 0.171. The van der Waals surface area contributed by atoms with Crippen LogP contribution in [0.5, 0.6) is 5.75 Å². The lowest BCUT2D eigenvalue weighted by atomic mass is 9.90. The predicted molar refractivity (Wildman–Crippen MR) is 140 cm³/mol. The number of nitrogens with zero attached hydrogens (tertiary/aromatic N) is 1. The highest BCUT2D eigenvalue weighted by Gasteiger charge is 2.54. The molecular weight excluding hydrogens is 478 g/mol. The molecule has 0 aromatic heterocycles. The van der Waals surface area contributed by atoms with E-state index in [0.29, 0.717) is 31.6 Å².